The second-order valence-electron chi connectivity index (χ2n) is 4.95. The summed E-state index contributed by atoms with van der Waals surface area (Å²) in [6.07, 6.45) is 3.52. The standard InChI is InChI=1S/C17H13F2N3O/c18-14-3-1-4-15(19)16(14)21-17(23)13-7-5-12(6-8-13)11-22-10-2-9-20-22/h1-10H,11H2,(H,21,23). The van der Waals surface area contributed by atoms with Crippen LogP contribution < -0.4 is 5.32 Å². The number of amides is 1. The fourth-order valence-electron chi connectivity index (χ4n) is 2.15. The molecule has 0 saturated heterocycles. The van der Waals surface area contributed by atoms with Gasteiger partial charge in [-0.3, -0.25) is 9.48 Å². The third-order valence-corrected chi connectivity index (χ3v) is 3.32. The van der Waals surface area contributed by atoms with E-state index in [2.05, 4.69) is 10.4 Å². The summed E-state index contributed by atoms with van der Waals surface area (Å²) in [6.45, 7) is 0.580. The van der Waals surface area contributed by atoms with Gasteiger partial charge in [0.1, 0.15) is 17.3 Å². The van der Waals surface area contributed by atoms with Crippen LogP contribution in [-0.2, 0) is 6.54 Å². The molecule has 0 unspecified atom stereocenters. The first-order valence-electron chi connectivity index (χ1n) is 6.95. The second-order valence-corrected chi connectivity index (χ2v) is 4.95. The van der Waals surface area contributed by atoms with Crippen LogP contribution in [-0.4, -0.2) is 15.7 Å². The third-order valence-electron chi connectivity index (χ3n) is 3.32. The molecule has 116 valence electrons. The Bertz CT molecular complexity index is 794. The zero-order valence-electron chi connectivity index (χ0n) is 12.0. The van der Waals surface area contributed by atoms with E-state index in [1.807, 2.05) is 12.3 Å². The summed E-state index contributed by atoms with van der Waals surface area (Å²) in [4.78, 5) is 12.1. The first-order chi connectivity index (χ1) is 11.1. The largest absolute Gasteiger partial charge is 0.317 e. The Hall–Kier alpha value is -3.02. The highest BCUT2D eigenvalue weighted by atomic mass is 19.1. The van der Waals surface area contributed by atoms with Gasteiger partial charge in [-0.2, -0.15) is 5.10 Å². The Balaban J connectivity index is 1.73. The molecule has 3 rings (SSSR count). The molecule has 0 atom stereocenters. The highest BCUT2D eigenvalue weighted by Crippen LogP contribution is 2.19. The number of hydrogen-bond acceptors (Lipinski definition) is 2. The van der Waals surface area contributed by atoms with Crippen molar-refractivity contribution in [3.05, 3.63) is 83.7 Å². The zero-order valence-corrected chi connectivity index (χ0v) is 12.0. The lowest BCUT2D eigenvalue weighted by molar-refractivity contribution is 0.102. The maximum atomic E-state index is 13.5. The molecule has 0 radical (unpaired) electrons. The molecule has 6 heteroatoms. The van der Waals surface area contributed by atoms with Gasteiger partial charge in [0.15, 0.2) is 0 Å². The lowest BCUT2D eigenvalue weighted by Crippen LogP contribution is -2.14. The molecule has 0 saturated carbocycles. The van der Waals surface area contributed by atoms with E-state index < -0.39 is 23.2 Å². The second kappa shape index (κ2) is 6.39. The first kappa shape index (κ1) is 14.9. The van der Waals surface area contributed by atoms with Crippen LogP contribution in [0.3, 0.4) is 0 Å². The average molecular weight is 313 g/mol. The number of nitrogens with zero attached hydrogens (tertiary/aromatic N) is 2. The van der Waals surface area contributed by atoms with Gasteiger partial charge in [-0.1, -0.05) is 18.2 Å². The first-order valence-corrected chi connectivity index (χ1v) is 6.95. The van der Waals surface area contributed by atoms with Crippen molar-refractivity contribution in [1.29, 1.82) is 0 Å². The van der Waals surface area contributed by atoms with Crippen molar-refractivity contribution in [2.45, 2.75) is 6.54 Å². The molecule has 0 spiro atoms. The molecule has 4 nitrogen and oxygen atoms in total. The van der Waals surface area contributed by atoms with E-state index in [-0.39, 0.29) is 0 Å². The quantitative estimate of drug-likeness (QED) is 0.802. The number of aromatic nitrogens is 2. The molecule has 3 aromatic rings. The van der Waals surface area contributed by atoms with Crippen LogP contribution in [0, 0.1) is 11.6 Å². The molecule has 0 aliphatic carbocycles. The summed E-state index contributed by atoms with van der Waals surface area (Å²) in [7, 11) is 0. The number of halogens is 2. The van der Waals surface area contributed by atoms with Gasteiger partial charge in [-0.15, -0.1) is 0 Å². The SMILES string of the molecule is O=C(Nc1c(F)cccc1F)c1ccc(Cn2cccn2)cc1. The molecule has 0 aliphatic heterocycles. The number of carbonyl (C=O) groups is 1. The van der Waals surface area contributed by atoms with Crippen LogP contribution in [0.5, 0.6) is 0 Å². The minimum Gasteiger partial charge on any atom is -0.317 e. The lowest BCUT2D eigenvalue weighted by atomic mass is 10.1. The predicted molar refractivity (Wildman–Crippen MR) is 82.1 cm³/mol. The third kappa shape index (κ3) is 3.42. The highest BCUT2D eigenvalue weighted by molar-refractivity contribution is 6.04. The van der Waals surface area contributed by atoms with Crippen molar-refractivity contribution in [1.82, 2.24) is 9.78 Å². The molecule has 1 aromatic heterocycles. The number of anilines is 1. The van der Waals surface area contributed by atoms with Gasteiger partial charge in [0.05, 0.1) is 6.54 Å². The Kier molecular flexibility index (Phi) is 4.14. The van der Waals surface area contributed by atoms with E-state index in [1.54, 1.807) is 35.1 Å². The van der Waals surface area contributed by atoms with E-state index >= 15 is 0 Å². The maximum Gasteiger partial charge on any atom is 0.255 e. The zero-order chi connectivity index (χ0) is 16.2. The predicted octanol–water partition coefficient (Wildman–Crippen LogP) is 3.46. The molecule has 2 aromatic carbocycles. The number of para-hydroxylation sites is 1. The van der Waals surface area contributed by atoms with Crippen molar-refractivity contribution in [3.8, 4) is 0 Å². The number of benzene rings is 2. The van der Waals surface area contributed by atoms with Crippen LogP contribution >= 0.6 is 0 Å². The Morgan fingerprint density at radius 2 is 1.74 bits per heavy atom. The molecule has 23 heavy (non-hydrogen) atoms. The molecule has 0 bridgehead atoms. The Morgan fingerprint density at radius 3 is 2.35 bits per heavy atom. The molecule has 0 fully saturated rings. The van der Waals surface area contributed by atoms with Crippen molar-refractivity contribution in [2.24, 2.45) is 0 Å². The van der Waals surface area contributed by atoms with Gasteiger partial charge in [0.25, 0.3) is 5.91 Å². The summed E-state index contributed by atoms with van der Waals surface area (Å²) in [6, 6.07) is 12.0. The van der Waals surface area contributed by atoms with Crippen LogP contribution in [0.4, 0.5) is 14.5 Å². The lowest BCUT2D eigenvalue weighted by Gasteiger charge is -2.08. The van der Waals surface area contributed by atoms with E-state index in [0.717, 1.165) is 17.7 Å². The van der Waals surface area contributed by atoms with Crippen LogP contribution in [0.15, 0.2) is 60.9 Å². The normalized spacial score (nSPS) is 10.5. The fraction of sp³-hybridized carbons (Fsp3) is 0.0588. The summed E-state index contributed by atoms with van der Waals surface area (Å²) >= 11 is 0. The number of hydrogen-bond donors (Lipinski definition) is 1. The van der Waals surface area contributed by atoms with Crippen LogP contribution in [0.2, 0.25) is 0 Å². The van der Waals surface area contributed by atoms with Gasteiger partial charge >= 0.3 is 0 Å². The number of nitrogens with one attached hydrogen (secondary N) is 1. The molecule has 1 amide bonds. The van der Waals surface area contributed by atoms with E-state index in [9.17, 15) is 13.6 Å². The summed E-state index contributed by atoms with van der Waals surface area (Å²) < 4.78 is 28.8. The Labute approximate surface area is 131 Å². The fourth-order valence-corrected chi connectivity index (χ4v) is 2.15. The van der Waals surface area contributed by atoms with Crippen molar-refractivity contribution in [3.63, 3.8) is 0 Å². The van der Waals surface area contributed by atoms with Crippen molar-refractivity contribution >= 4 is 11.6 Å². The van der Waals surface area contributed by atoms with Gasteiger partial charge in [0.2, 0.25) is 0 Å². The summed E-state index contributed by atoms with van der Waals surface area (Å²) in [5, 5.41) is 6.35. The smallest absolute Gasteiger partial charge is 0.255 e. The molecular weight excluding hydrogens is 300 g/mol. The summed E-state index contributed by atoms with van der Waals surface area (Å²) in [5.74, 6) is -2.19. The van der Waals surface area contributed by atoms with Gasteiger partial charge in [-0.05, 0) is 35.9 Å². The van der Waals surface area contributed by atoms with Crippen molar-refractivity contribution < 1.29 is 13.6 Å². The molecule has 1 heterocycles. The average Bonchev–Trinajstić information content (AvgIpc) is 3.04. The molecule has 0 aliphatic rings. The monoisotopic (exact) mass is 313 g/mol. The van der Waals surface area contributed by atoms with Crippen molar-refractivity contribution in [2.75, 3.05) is 5.32 Å². The Morgan fingerprint density at radius 1 is 1.04 bits per heavy atom. The minimum absolute atomic E-state index is 0.317. The molecular formula is C17H13F2N3O. The molecule has 1 N–H and O–H groups in total. The van der Waals surface area contributed by atoms with Gasteiger partial charge in [0, 0.05) is 18.0 Å². The van der Waals surface area contributed by atoms with E-state index in [0.29, 0.717) is 12.1 Å². The van der Waals surface area contributed by atoms with E-state index in [4.69, 9.17) is 0 Å². The van der Waals surface area contributed by atoms with Crippen LogP contribution in [0.25, 0.3) is 0 Å². The highest BCUT2D eigenvalue weighted by Gasteiger charge is 2.13. The van der Waals surface area contributed by atoms with Gasteiger partial charge < -0.3 is 5.32 Å². The minimum atomic E-state index is -0.811. The number of rotatable bonds is 4. The summed E-state index contributed by atoms with van der Waals surface area (Å²) in [5.41, 5.74) is 0.831. The topological polar surface area (TPSA) is 46.9 Å². The number of carbonyl (C=O) groups excluding carboxylic acids is 1. The van der Waals surface area contributed by atoms with Gasteiger partial charge in [-0.25, -0.2) is 8.78 Å². The maximum absolute atomic E-state index is 13.5. The van der Waals surface area contributed by atoms with E-state index in [1.165, 1.54) is 6.07 Å². The van der Waals surface area contributed by atoms with Crippen LogP contribution in [0.1, 0.15) is 15.9 Å².